The van der Waals surface area contributed by atoms with Crippen molar-refractivity contribution in [2.45, 2.75) is 38.2 Å². The Bertz CT molecular complexity index is 142. The van der Waals surface area contributed by atoms with Gasteiger partial charge in [0.05, 0.1) is 12.2 Å². The van der Waals surface area contributed by atoms with Gasteiger partial charge >= 0.3 is 0 Å². The van der Waals surface area contributed by atoms with Crippen LogP contribution in [0.2, 0.25) is 0 Å². The highest BCUT2D eigenvalue weighted by atomic mass is 16.5. The van der Waals surface area contributed by atoms with E-state index in [4.69, 9.17) is 4.74 Å². The Morgan fingerprint density at radius 3 is 2.67 bits per heavy atom. The molecule has 0 atom stereocenters. The molecule has 0 aromatic rings. The van der Waals surface area contributed by atoms with E-state index in [0.29, 0.717) is 0 Å². The van der Waals surface area contributed by atoms with Crippen molar-refractivity contribution in [2.24, 2.45) is 5.92 Å². The highest BCUT2D eigenvalue weighted by molar-refractivity contribution is 4.90. The van der Waals surface area contributed by atoms with Crippen molar-refractivity contribution in [3.05, 3.63) is 0 Å². The lowest BCUT2D eigenvalue weighted by atomic mass is 9.79. The van der Waals surface area contributed by atoms with Gasteiger partial charge in [0.25, 0.3) is 0 Å². The van der Waals surface area contributed by atoms with Gasteiger partial charge in [-0.25, -0.2) is 0 Å². The molecular formula is C10H19NO. The van der Waals surface area contributed by atoms with Gasteiger partial charge in [0, 0.05) is 13.1 Å². The van der Waals surface area contributed by atoms with E-state index in [1.54, 1.807) is 0 Å². The van der Waals surface area contributed by atoms with Gasteiger partial charge in [-0.05, 0) is 31.6 Å². The molecule has 2 rings (SSSR count). The van der Waals surface area contributed by atoms with Gasteiger partial charge in [-0.1, -0.05) is 6.92 Å². The second-order valence-electron chi connectivity index (χ2n) is 4.39. The molecule has 0 amide bonds. The summed E-state index contributed by atoms with van der Waals surface area (Å²) in [5, 5.41) is 3.44. The Balaban J connectivity index is 1.92. The molecule has 1 saturated heterocycles. The Hall–Kier alpha value is -0.0800. The molecule has 0 radical (unpaired) electrons. The minimum atomic E-state index is 0.227. The van der Waals surface area contributed by atoms with Gasteiger partial charge in [0.15, 0.2) is 0 Å². The number of hydrogen-bond acceptors (Lipinski definition) is 2. The van der Waals surface area contributed by atoms with Crippen LogP contribution in [0.1, 0.15) is 32.6 Å². The molecule has 1 heterocycles. The average molecular weight is 169 g/mol. The molecule has 1 aliphatic heterocycles. The predicted octanol–water partition coefficient (Wildman–Crippen LogP) is 1.56. The molecule has 1 N–H and O–H groups in total. The molecular weight excluding hydrogens is 150 g/mol. The average Bonchev–Trinajstić information content (AvgIpc) is 2.13. The molecule has 1 saturated carbocycles. The summed E-state index contributed by atoms with van der Waals surface area (Å²) in [6.45, 7) is 5.38. The molecule has 0 unspecified atom stereocenters. The summed E-state index contributed by atoms with van der Waals surface area (Å²) in [5.74, 6) is 0.918. The second-order valence-corrected chi connectivity index (χ2v) is 4.39. The first kappa shape index (κ1) is 8.52. The van der Waals surface area contributed by atoms with E-state index in [2.05, 4.69) is 12.2 Å². The molecule has 0 aromatic heterocycles. The highest BCUT2D eigenvalue weighted by Crippen LogP contribution is 2.35. The van der Waals surface area contributed by atoms with Crippen LogP contribution in [0.25, 0.3) is 0 Å². The predicted molar refractivity (Wildman–Crippen MR) is 49.2 cm³/mol. The lowest BCUT2D eigenvalue weighted by Crippen LogP contribution is -2.51. The van der Waals surface area contributed by atoms with E-state index >= 15 is 0 Å². The van der Waals surface area contributed by atoms with Gasteiger partial charge in [0.2, 0.25) is 0 Å². The van der Waals surface area contributed by atoms with E-state index in [9.17, 15) is 0 Å². The maximum Gasteiger partial charge on any atom is 0.0807 e. The maximum absolute atomic E-state index is 5.89. The summed E-state index contributed by atoms with van der Waals surface area (Å²) in [5.41, 5.74) is 0.227. The number of morpholine rings is 1. The Morgan fingerprint density at radius 2 is 2.08 bits per heavy atom. The second kappa shape index (κ2) is 3.35. The summed E-state index contributed by atoms with van der Waals surface area (Å²) in [6.07, 6.45) is 5.23. The fourth-order valence-corrected chi connectivity index (χ4v) is 2.32. The van der Waals surface area contributed by atoms with Crippen LogP contribution in [0.5, 0.6) is 0 Å². The van der Waals surface area contributed by atoms with Crippen LogP contribution < -0.4 is 5.32 Å². The normalized spacial score (nSPS) is 43.2. The molecule has 0 aromatic carbocycles. The number of rotatable bonds is 0. The SMILES string of the molecule is CC1CCC2(CC1)CNCCO2. The van der Waals surface area contributed by atoms with Gasteiger partial charge in [-0.15, -0.1) is 0 Å². The number of ether oxygens (including phenoxy) is 1. The summed E-state index contributed by atoms with van der Waals surface area (Å²) >= 11 is 0. The molecule has 2 fully saturated rings. The quantitative estimate of drug-likeness (QED) is 0.594. The number of nitrogens with one attached hydrogen (secondary N) is 1. The molecule has 0 bridgehead atoms. The van der Waals surface area contributed by atoms with E-state index in [0.717, 1.165) is 25.6 Å². The zero-order valence-corrected chi connectivity index (χ0v) is 7.94. The van der Waals surface area contributed by atoms with Crippen LogP contribution in [0, 0.1) is 5.92 Å². The third kappa shape index (κ3) is 1.64. The zero-order chi connectivity index (χ0) is 8.44. The van der Waals surface area contributed by atoms with Crippen LogP contribution in [0.4, 0.5) is 0 Å². The summed E-state index contributed by atoms with van der Waals surface area (Å²) in [6, 6.07) is 0. The smallest absolute Gasteiger partial charge is 0.0807 e. The van der Waals surface area contributed by atoms with Gasteiger partial charge in [0.1, 0.15) is 0 Å². The van der Waals surface area contributed by atoms with Crippen molar-refractivity contribution in [1.29, 1.82) is 0 Å². The summed E-state index contributed by atoms with van der Waals surface area (Å²) < 4.78 is 5.89. The molecule has 1 aliphatic carbocycles. The first-order valence-corrected chi connectivity index (χ1v) is 5.15. The maximum atomic E-state index is 5.89. The summed E-state index contributed by atoms with van der Waals surface area (Å²) in [7, 11) is 0. The third-order valence-electron chi connectivity index (χ3n) is 3.32. The van der Waals surface area contributed by atoms with Gasteiger partial charge < -0.3 is 10.1 Å². The molecule has 70 valence electrons. The standard InChI is InChI=1S/C10H19NO/c1-9-2-4-10(5-3-9)8-11-6-7-12-10/h9,11H,2-8H2,1H3. The van der Waals surface area contributed by atoms with Crippen LogP contribution in [0.15, 0.2) is 0 Å². The minimum absolute atomic E-state index is 0.227. The van der Waals surface area contributed by atoms with Crippen molar-refractivity contribution in [3.63, 3.8) is 0 Å². The Labute approximate surface area is 74.7 Å². The first-order valence-electron chi connectivity index (χ1n) is 5.15. The van der Waals surface area contributed by atoms with Crippen LogP contribution in [0.3, 0.4) is 0 Å². The largest absolute Gasteiger partial charge is 0.372 e. The van der Waals surface area contributed by atoms with Crippen molar-refractivity contribution < 1.29 is 4.74 Å². The van der Waals surface area contributed by atoms with E-state index in [1.807, 2.05) is 0 Å². The molecule has 2 heteroatoms. The topological polar surface area (TPSA) is 21.3 Å². The van der Waals surface area contributed by atoms with E-state index < -0.39 is 0 Å². The molecule has 12 heavy (non-hydrogen) atoms. The van der Waals surface area contributed by atoms with E-state index in [1.165, 1.54) is 25.7 Å². The minimum Gasteiger partial charge on any atom is -0.372 e. The van der Waals surface area contributed by atoms with Crippen LogP contribution in [-0.2, 0) is 4.74 Å². The molecule has 1 spiro atoms. The molecule has 2 aliphatic rings. The van der Waals surface area contributed by atoms with Crippen molar-refractivity contribution in [2.75, 3.05) is 19.7 Å². The van der Waals surface area contributed by atoms with Crippen LogP contribution >= 0.6 is 0 Å². The first-order chi connectivity index (χ1) is 5.81. The molecule has 2 nitrogen and oxygen atoms in total. The Kier molecular flexibility index (Phi) is 2.37. The van der Waals surface area contributed by atoms with Crippen molar-refractivity contribution in [3.8, 4) is 0 Å². The summed E-state index contributed by atoms with van der Waals surface area (Å²) in [4.78, 5) is 0. The fourth-order valence-electron chi connectivity index (χ4n) is 2.32. The van der Waals surface area contributed by atoms with Crippen LogP contribution in [-0.4, -0.2) is 25.3 Å². The fraction of sp³-hybridized carbons (Fsp3) is 1.00. The van der Waals surface area contributed by atoms with Gasteiger partial charge in [-0.3, -0.25) is 0 Å². The highest BCUT2D eigenvalue weighted by Gasteiger charge is 2.36. The van der Waals surface area contributed by atoms with E-state index in [-0.39, 0.29) is 5.60 Å². The monoisotopic (exact) mass is 169 g/mol. The Morgan fingerprint density at radius 1 is 1.33 bits per heavy atom. The number of hydrogen-bond donors (Lipinski definition) is 1. The van der Waals surface area contributed by atoms with Crippen molar-refractivity contribution >= 4 is 0 Å². The zero-order valence-electron chi connectivity index (χ0n) is 7.94. The van der Waals surface area contributed by atoms with Gasteiger partial charge in [-0.2, -0.15) is 0 Å². The van der Waals surface area contributed by atoms with Crippen molar-refractivity contribution in [1.82, 2.24) is 5.32 Å². The lowest BCUT2D eigenvalue weighted by Gasteiger charge is -2.42. The third-order valence-corrected chi connectivity index (χ3v) is 3.32. The lowest BCUT2D eigenvalue weighted by molar-refractivity contribution is -0.0935.